The van der Waals surface area contributed by atoms with Crippen LogP contribution in [0.3, 0.4) is 0 Å². The summed E-state index contributed by atoms with van der Waals surface area (Å²) >= 11 is 0. The third-order valence-electron chi connectivity index (χ3n) is 4.19. The Bertz CT molecular complexity index is 553. The van der Waals surface area contributed by atoms with Crippen LogP contribution in [0, 0.1) is 0 Å². The zero-order valence-electron chi connectivity index (χ0n) is 13.5. The number of hydrogen-bond donors (Lipinski definition) is 2. The lowest BCUT2D eigenvalue weighted by atomic mass is 9.84. The van der Waals surface area contributed by atoms with Crippen molar-refractivity contribution in [2.45, 2.75) is 51.0 Å². The molecule has 1 aliphatic rings. The number of carbonyl (C=O) groups is 2. The molecule has 0 spiro atoms. The summed E-state index contributed by atoms with van der Waals surface area (Å²) in [5, 5.41) is 11.8. The van der Waals surface area contributed by atoms with Gasteiger partial charge in [0.25, 0.3) is 5.91 Å². The number of carboxylic acids is 1. The van der Waals surface area contributed by atoms with Crippen molar-refractivity contribution >= 4 is 11.9 Å². The fourth-order valence-electron chi connectivity index (χ4n) is 2.92. The molecule has 1 aliphatic carbocycles. The van der Waals surface area contributed by atoms with Crippen molar-refractivity contribution in [2.24, 2.45) is 0 Å². The fourth-order valence-corrected chi connectivity index (χ4v) is 2.92. The Balaban J connectivity index is 2.00. The highest BCUT2D eigenvalue weighted by Gasteiger charge is 2.33. The van der Waals surface area contributed by atoms with Crippen molar-refractivity contribution in [2.75, 3.05) is 13.2 Å². The van der Waals surface area contributed by atoms with Crippen LogP contribution in [0.25, 0.3) is 0 Å². The van der Waals surface area contributed by atoms with E-state index in [0.717, 1.165) is 32.1 Å². The van der Waals surface area contributed by atoms with Gasteiger partial charge in [0.2, 0.25) is 0 Å². The van der Waals surface area contributed by atoms with E-state index in [1.807, 2.05) is 0 Å². The Morgan fingerprint density at radius 2 is 2.09 bits per heavy atom. The Morgan fingerprint density at radius 3 is 2.74 bits per heavy atom. The summed E-state index contributed by atoms with van der Waals surface area (Å²) in [4.78, 5) is 26.9. The molecule has 0 saturated heterocycles. The van der Waals surface area contributed by atoms with Crippen LogP contribution in [-0.2, 0) is 4.74 Å². The summed E-state index contributed by atoms with van der Waals surface area (Å²) in [7, 11) is 0. The molecule has 1 aromatic rings. The maximum atomic E-state index is 12.3. The maximum Gasteiger partial charge on any atom is 0.354 e. The number of carboxylic acid groups (broad SMARTS) is 1. The molecule has 1 fully saturated rings. The van der Waals surface area contributed by atoms with Crippen LogP contribution in [0.15, 0.2) is 18.3 Å². The van der Waals surface area contributed by atoms with Gasteiger partial charge in [0.15, 0.2) is 0 Å². The van der Waals surface area contributed by atoms with Crippen LogP contribution >= 0.6 is 0 Å². The van der Waals surface area contributed by atoms with Crippen LogP contribution in [0.4, 0.5) is 0 Å². The third kappa shape index (κ3) is 4.76. The predicted molar refractivity (Wildman–Crippen MR) is 85.6 cm³/mol. The van der Waals surface area contributed by atoms with Gasteiger partial charge in [-0.15, -0.1) is 0 Å². The number of rotatable bonds is 7. The monoisotopic (exact) mass is 320 g/mol. The van der Waals surface area contributed by atoms with Gasteiger partial charge in [-0.1, -0.05) is 26.2 Å². The molecule has 0 aliphatic heterocycles. The number of carbonyl (C=O) groups excluding carboxylic acids is 1. The van der Waals surface area contributed by atoms with Crippen molar-refractivity contribution in [3.63, 3.8) is 0 Å². The maximum absolute atomic E-state index is 12.3. The number of nitrogens with one attached hydrogen (secondary N) is 1. The summed E-state index contributed by atoms with van der Waals surface area (Å²) in [6.45, 7) is 3.21. The van der Waals surface area contributed by atoms with E-state index in [9.17, 15) is 9.59 Å². The molecule has 1 amide bonds. The van der Waals surface area contributed by atoms with Gasteiger partial charge in [0, 0.05) is 24.9 Å². The molecule has 0 bridgehead atoms. The minimum Gasteiger partial charge on any atom is -0.477 e. The smallest absolute Gasteiger partial charge is 0.354 e. The second-order valence-corrected chi connectivity index (χ2v) is 6.01. The van der Waals surface area contributed by atoms with E-state index in [0.29, 0.717) is 18.7 Å². The summed E-state index contributed by atoms with van der Waals surface area (Å²) < 4.78 is 6.05. The normalized spacial score (nSPS) is 16.7. The fraction of sp³-hybridized carbons (Fsp3) is 0.588. The minimum atomic E-state index is -1.14. The van der Waals surface area contributed by atoms with E-state index in [2.05, 4.69) is 17.2 Å². The summed E-state index contributed by atoms with van der Waals surface area (Å²) in [5.41, 5.74) is -0.113. The molecule has 6 nitrogen and oxygen atoms in total. The number of hydrogen-bond acceptors (Lipinski definition) is 4. The molecule has 23 heavy (non-hydrogen) atoms. The van der Waals surface area contributed by atoms with Crippen LogP contribution in [0.5, 0.6) is 0 Å². The van der Waals surface area contributed by atoms with Crippen LogP contribution in [0.1, 0.15) is 66.3 Å². The van der Waals surface area contributed by atoms with Gasteiger partial charge in [0.05, 0.1) is 5.60 Å². The van der Waals surface area contributed by atoms with E-state index in [-0.39, 0.29) is 17.2 Å². The van der Waals surface area contributed by atoms with E-state index >= 15 is 0 Å². The predicted octanol–water partition coefficient (Wildman–Crippen LogP) is 2.64. The minimum absolute atomic E-state index is 0.132. The van der Waals surface area contributed by atoms with Crippen LogP contribution in [-0.4, -0.2) is 40.7 Å². The molecular weight excluding hydrogens is 296 g/mol. The Morgan fingerprint density at radius 1 is 1.35 bits per heavy atom. The van der Waals surface area contributed by atoms with Crippen molar-refractivity contribution in [1.82, 2.24) is 10.3 Å². The SMILES string of the molecule is CCCOC1(CNC(=O)c2ccnc(C(=O)O)c2)CCCCC1. The average molecular weight is 320 g/mol. The number of pyridine rings is 1. The molecule has 0 radical (unpaired) electrons. The lowest BCUT2D eigenvalue weighted by Gasteiger charge is -2.37. The molecule has 0 unspecified atom stereocenters. The standard InChI is InChI=1S/C17H24N2O4/c1-2-10-23-17(7-4-3-5-8-17)12-19-15(20)13-6-9-18-14(11-13)16(21)22/h6,9,11H,2-5,7-8,10,12H2,1H3,(H,19,20)(H,21,22). The number of ether oxygens (including phenoxy) is 1. The molecule has 1 saturated carbocycles. The van der Waals surface area contributed by atoms with Crippen LogP contribution < -0.4 is 5.32 Å². The summed E-state index contributed by atoms with van der Waals surface area (Å²) in [6.07, 6.45) is 7.60. The van der Waals surface area contributed by atoms with Crippen molar-refractivity contribution in [1.29, 1.82) is 0 Å². The zero-order valence-corrected chi connectivity index (χ0v) is 13.5. The van der Waals surface area contributed by atoms with Crippen LogP contribution in [0.2, 0.25) is 0 Å². The molecular formula is C17H24N2O4. The Labute approximate surface area is 136 Å². The van der Waals surface area contributed by atoms with Gasteiger partial charge in [0.1, 0.15) is 5.69 Å². The number of aromatic carboxylic acids is 1. The largest absolute Gasteiger partial charge is 0.477 e. The summed E-state index contributed by atoms with van der Waals surface area (Å²) in [5.74, 6) is -1.44. The molecule has 2 N–H and O–H groups in total. The van der Waals surface area contributed by atoms with Gasteiger partial charge in [-0.05, 0) is 31.4 Å². The second-order valence-electron chi connectivity index (χ2n) is 6.01. The van der Waals surface area contributed by atoms with Gasteiger partial charge in [-0.25, -0.2) is 9.78 Å². The van der Waals surface area contributed by atoms with E-state index in [1.165, 1.54) is 24.8 Å². The van der Waals surface area contributed by atoms with E-state index in [1.54, 1.807) is 0 Å². The molecule has 6 heteroatoms. The number of amides is 1. The number of aromatic nitrogens is 1. The lowest BCUT2D eigenvalue weighted by molar-refractivity contribution is -0.0669. The second kappa shape index (κ2) is 8.06. The van der Waals surface area contributed by atoms with Gasteiger partial charge >= 0.3 is 5.97 Å². The quantitative estimate of drug-likeness (QED) is 0.806. The van der Waals surface area contributed by atoms with E-state index < -0.39 is 5.97 Å². The first-order chi connectivity index (χ1) is 11.1. The summed E-state index contributed by atoms with van der Waals surface area (Å²) in [6, 6.07) is 2.81. The molecule has 126 valence electrons. The highest BCUT2D eigenvalue weighted by atomic mass is 16.5. The van der Waals surface area contributed by atoms with Gasteiger partial charge in [-0.2, -0.15) is 0 Å². The van der Waals surface area contributed by atoms with Gasteiger partial charge in [-0.3, -0.25) is 4.79 Å². The first kappa shape index (κ1) is 17.4. The highest BCUT2D eigenvalue weighted by Crippen LogP contribution is 2.31. The molecule has 0 aromatic carbocycles. The Hall–Kier alpha value is -1.95. The first-order valence-electron chi connectivity index (χ1n) is 8.18. The average Bonchev–Trinajstić information content (AvgIpc) is 2.59. The molecule has 0 atom stereocenters. The van der Waals surface area contributed by atoms with Crippen molar-refractivity contribution in [3.8, 4) is 0 Å². The lowest BCUT2D eigenvalue weighted by Crippen LogP contribution is -2.46. The highest BCUT2D eigenvalue weighted by molar-refractivity contribution is 5.96. The van der Waals surface area contributed by atoms with Crippen molar-refractivity contribution < 1.29 is 19.4 Å². The third-order valence-corrected chi connectivity index (χ3v) is 4.19. The zero-order chi connectivity index (χ0) is 16.7. The van der Waals surface area contributed by atoms with Gasteiger partial charge < -0.3 is 15.2 Å². The topological polar surface area (TPSA) is 88.5 Å². The molecule has 1 aromatic heterocycles. The first-order valence-corrected chi connectivity index (χ1v) is 8.18. The Kier molecular flexibility index (Phi) is 6.10. The van der Waals surface area contributed by atoms with E-state index in [4.69, 9.17) is 9.84 Å². The molecule has 2 rings (SSSR count). The number of nitrogens with zero attached hydrogens (tertiary/aromatic N) is 1. The van der Waals surface area contributed by atoms with Crippen molar-refractivity contribution in [3.05, 3.63) is 29.6 Å². The molecule has 1 heterocycles.